The highest BCUT2D eigenvalue weighted by atomic mass is 16.5. The summed E-state index contributed by atoms with van der Waals surface area (Å²) in [5, 5.41) is 2.83. The summed E-state index contributed by atoms with van der Waals surface area (Å²) < 4.78 is 17.3. The van der Waals surface area contributed by atoms with Gasteiger partial charge in [-0.25, -0.2) is 0 Å². The third-order valence-corrected chi connectivity index (χ3v) is 7.14. The van der Waals surface area contributed by atoms with Crippen molar-refractivity contribution in [3.8, 4) is 5.75 Å². The summed E-state index contributed by atoms with van der Waals surface area (Å²) >= 11 is 0. The van der Waals surface area contributed by atoms with Crippen LogP contribution in [0.4, 0.5) is 0 Å². The molecule has 1 aliphatic heterocycles. The predicted molar refractivity (Wildman–Crippen MR) is 151 cm³/mol. The average molecular weight is 548 g/mol. The van der Waals surface area contributed by atoms with E-state index < -0.39 is 0 Å². The van der Waals surface area contributed by atoms with E-state index in [1.165, 1.54) is 6.26 Å². The first-order valence-corrected chi connectivity index (χ1v) is 13.5. The summed E-state index contributed by atoms with van der Waals surface area (Å²) in [4.78, 5) is 31.9. The first-order chi connectivity index (χ1) is 20.0. The van der Waals surface area contributed by atoms with E-state index in [2.05, 4.69) is 22.4 Å². The number of aryl methyl sites for hydroxylation is 1. The zero-order valence-corrected chi connectivity index (χ0v) is 22.6. The number of rotatable bonds is 8. The summed E-state index contributed by atoms with van der Waals surface area (Å²) in [6, 6.07) is 24.4. The average Bonchev–Trinajstić information content (AvgIpc) is 3.71. The van der Waals surface area contributed by atoms with E-state index in [0.717, 1.165) is 34.2 Å². The Hall–Kier alpha value is -5.11. The zero-order valence-electron chi connectivity index (χ0n) is 22.6. The minimum atomic E-state index is -0.309. The second kappa shape index (κ2) is 11.6. The molecule has 8 heteroatoms. The van der Waals surface area contributed by atoms with Crippen molar-refractivity contribution >= 4 is 11.8 Å². The summed E-state index contributed by atoms with van der Waals surface area (Å²) in [7, 11) is 0. The molecule has 0 saturated heterocycles. The number of amides is 2. The number of fused-ring (bicyclic) bond motifs is 1. The van der Waals surface area contributed by atoms with Crippen molar-refractivity contribution in [2.45, 2.75) is 32.5 Å². The molecule has 3 aromatic heterocycles. The SMILES string of the molecule is Cc1cccc(C2c3cc(OCc4ccc(C(=O)NCc5cccnc5)o4)ccc3CCN2C(=O)c2ccco2)c1. The summed E-state index contributed by atoms with van der Waals surface area (Å²) in [6.07, 6.45) is 5.63. The molecule has 1 atom stereocenters. The largest absolute Gasteiger partial charge is 0.486 e. The van der Waals surface area contributed by atoms with E-state index in [0.29, 0.717) is 30.4 Å². The summed E-state index contributed by atoms with van der Waals surface area (Å²) in [6.45, 7) is 3.13. The maximum atomic E-state index is 13.5. The molecular formula is C33H29N3O5. The van der Waals surface area contributed by atoms with Gasteiger partial charge in [-0.15, -0.1) is 0 Å². The molecule has 41 heavy (non-hydrogen) atoms. The highest BCUT2D eigenvalue weighted by molar-refractivity contribution is 5.92. The van der Waals surface area contributed by atoms with E-state index in [1.54, 1.807) is 36.7 Å². The number of ether oxygens (including phenoxy) is 1. The Labute approximate surface area is 237 Å². The van der Waals surface area contributed by atoms with Crippen LogP contribution >= 0.6 is 0 Å². The van der Waals surface area contributed by atoms with Gasteiger partial charge in [-0.2, -0.15) is 0 Å². The first-order valence-electron chi connectivity index (χ1n) is 13.5. The molecule has 0 aliphatic carbocycles. The molecule has 2 aromatic carbocycles. The van der Waals surface area contributed by atoms with Crippen LogP contribution in [-0.4, -0.2) is 28.2 Å². The van der Waals surface area contributed by atoms with E-state index in [-0.39, 0.29) is 30.2 Å². The molecule has 0 fully saturated rings. The number of benzene rings is 2. The van der Waals surface area contributed by atoms with Gasteiger partial charge in [-0.3, -0.25) is 14.6 Å². The monoisotopic (exact) mass is 547 g/mol. The second-order valence-electron chi connectivity index (χ2n) is 10.0. The Bertz CT molecular complexity index is 1660. The van der Waals surface area contributed by atoms with Crippen molar-refractivity contribution in [3.05, 3.63) is 143 Å². The molecule has 0 bridgehead atoms. The van der Waals surface area contributed by atoms with Crippen LogP contribution in [0.15, 0.2) is 106 Å². The van der Waals surface area contributed by atoms with Gasteiger partial charge >= 0.3 is 0 Å². The maximum Gasteiger partial charge on any atom is 0.290 e. The first kappa shape index (κ1) is 26.1. The highest BCUT2D eigenvalue weighted by Crippen LogP contribution is 2.38. The second-order valence-corrected chi connectivity index (χ2v) is 10.0. The molecule has 0 saturated carbocycles. The van der Waals surface area contributed by atoms with Gasteiger partial charge in [-0.05, 0) is 78.1 Å². The fourth-order valence-electron chi connectivity index (χ4n) is 5.15. The lowest BCUT2D eigenvalue weighted by molar-refractivity contribution is 0.0661. The molecule has 4 heterocycles. The van der Waals surface area contributed by atoms with Crippen molar-refractivity contribution in [1.29, 1.82) is 0 Å². The smallest absolute Gasteiger partial charge is 0.290 e. The molecule has 1 aliphatic rings. The molecule has 0 spiro atoms. The molecule has 206 valence electrons. The number of hydrogen-bond acceptors (Lipinski definition) is 6. The molecule has 2 amide bonds. The maximum absolute atomic E-state index is 13.5. The van der Waals surface area contributed by atoms with Crippen LogP contribution < -0.4 is 10.1 Å². The van der Waals surface area contributed by atoms with Gasteiger partial charge < -0.3 is 23.8 Å². The number of furan rings is 2. The fourth-order valence-corrected chi connectivity index (χ4v) is 5.15. The van der Waals surface area contributed by atoms with Crippen LogP contribution in [0.25, 0.3) is 0 Å². The Morgan fingerprint density at radius 3 is 2.76 bits per heavy atom. The number of nitrogens with one attached hydrogen (secondary N) is 1. The molecule has 0 radical (unpaired) electrons. The van der Waals surface area contributed by atoms with Crippen molar-refractivity contribution < 1.29 is 23.2 Å². The van der Waals surface area contributed by atoms with Gasteiger partial charge in [-0.1, -0.05) is 42.0 Å². The number of nitrogens with zero attached hydrogens (tertiary/aromatic N) is 2. The van der Waals surface area contributed by atoms with Gasteiger partial charge in [0.1, 0.15) is 18.1 Å². The topological polar surface area (TPSA) is 97.8 Å². The van der Waals surface area contributed by atoms with E-state index in [9.17, 15) is 9.59 Å². The van der Waals surface area contributed by atoms with Crippen molar-refractivity contribution in [2.24, 2.45) is 0 Å². The van der Waals surface area contributed by atoms with Crippen molar-refractivity contribution in [1.82, 2.24) is 15.2 Å². The Morgan fingerprint density at radius 1 is 1.02 bits per heavy atom. The number of hydrogen-bond donors (Lipinski definition) is 1. The van der Waals surface area contributed by atoms with Gasteiger partial charge in [0, 0.05) is 25.5 Å². The zero-order chi connectivity index (χ0) is 28.2. The van der Waals surface area contributed by atoms with Crippen LogP contribution in [0.2, 0.25) is 0 Å². The molecule has 5 aromatic rings. The van der Waals surface area contributed by atoms with E-state index >= 15 is 0 Å². The Balaban J connectivity index is 1.19. The summed E-state index contributed by atoms with van der Waals surface area (Å²) in [5.74, 6) is 1.24. The van der Waals surface area contributed by atoms with E-state index in [1.807, 2.05) is 54.3 Å². The number of aromatic nitrogens is 1. The third-order valence-electron chi connectivity index (χ3n) is 7.14. The minimum absolute atomic E-state index is 0.150. The number of carbonyl (C=O) groups excluding carboxylic acids is 2. The van der Waals surface area contributed by atoms with Crippen LogP contribution in [-0.2, 0) is 19.6 Å². The quantitative estimate of drug-likeness (QED) is 0.261. The lowest BCUT2D eigenvalue weighted by Crippen LogP contribution is -2.40. The molecule has 8 nitrogen and oxygen atoms in total. The molecular weight excluding hydrogens is 518 g/mol. The lowest BCUT2D eigenvalue weighted by Gasteiger charge is -2.37. The Morgan fingerprint density at radius 2 is 1.95 bits per heavy atom. The lowest BCUT2D eigenvalue weighted by atomic mass is 9.87. The summed E-state index contributed by atoms with van der Waals surface area (Å²) in [5.41, 5.74) is 5.21. The van der Waals surface area contributed by atoms with Gasteiger partial charge in [0.15, 0.2) is 11.5 Å². The van der Waals surface area contributed by atoms with Crippen molar-refractivity contribution in [3.63, 3.8) is 0 Å². The predicted octanol–water partition coefficient (Wildman–Crippen LogP) is 5.87. The number of pyridine rings is 1. The molecule has 1 unspecified atom stereocenters. The Kier molecular flexibility index (Phi) is 7.36. The van der Waals surface area contributed by atoms with Crippen LogP contribution in [0.5, 0.6) is 5.75 Å². The standard InChI is InChI=1S/C33H29N3O5/c1-22-5-2-7-25(17-22)31-28-18-26(10-9-24(28)13-15-36(31)33(38)30-8-4-16-39-30)40-21-27-11-12-29(41-27)32(37)35-20-23-6-3-14-34-19-23/h2-12,14,16-19,31H,13,15,20-21H2,1H3,(H,35,37). The van der Waals surface area contributed by atoms with E-state index in [4.69, 9.17) is 13.6 Å². The normalized spacial score (nSPS) is 14.4. The minimum Gasteiger partial charge on any atom is -0.486 e. The van der Waals surface area contributed by atoms with Crippen LogP contribution in [0.1, 0.15) is 60.7 Å². The third kappa shape index (κ3) is 5.77. The fraction of sp³-hybridized carbons (Fsp3) is 0.182. The molecule has 1 N–H and O–H groups in total. The van der Waals surface area contributed by atoms with Gasteiger partial charge in [0.2, 0.25) is 0 Å². The van der Waals surface area contributed by atoms with Crippen LogP contribution in [0, 0.1) is 6.92 Å². The van der Waals surface area contributed by atoms with Gasteiger partial charge in [0.25, 0.3) is 11.8 Å². The van der Waals surface area contributed by atoms with Gasteiger partial charge in [0.05, 0.1) is 12.3 Å². The number of carbonyl (C=O) groups is 2. The molecule has 6 rings (SSSR count). The van der Waals surface area contributed by atoms with Crippen molar-refractivity contribution in [2.75, 3.05) is 6.54 Å². The highest BCUT2D eigenvalue weighted by Gasteiger charge is 2.34. The van der Waals surface area contributed by atoms with Crippen LogP contribution in [0.3, 0.4) is 0 Å².